The summed E-state index contributed by atoms with van der Waals surface area (Å²) in [5, 5.41) is 0.607. The third kappa shape index (κ3) is 4.20. The molecule has 0 aromatic heterocycles. The first kappa shape index (κ1) is 21.1. The Kier molecular flexibility index (Phi) is 5.81. The van der Waals surface area contributed by atoms with Crippen LogP contribution in [0.15, 0.2) is 78.5 Å². The van der Waals surface area contributed by atoms with Gasteiger partial charge in [0, 0.05) is 23.6 Å². The van der Waals surface area contributed by atoms with Crippen LogP contribution in [0.2, 0.25) is 10.0 Å². The van der Waals surface area contributed by atoms with Crippen molar-refractivity contribution < 1.29 is 14.0 Å². The lowest BCUT2D eigenvalue weighted by molar-refractivity contribution is -0.120. The van der Waals surface area contributed by atoms with E-state index in [9.17, 15) is 14.0 Å². The van der Waals surface area contributed by atoms with Crippen LogP contribution in [0.3, 0.4) is 0 Å². The summed E-state index contributed by atoms with van der Waals surface area (Å²) >= 11 is 12.2. The number of imide groups is 1. The fourth-order valence-electron chi connectivity index (χ4n) is 3.59. The Hall–Kier alpha value is -3.15. The molecule has 3 aromatic carbocycles. The summed E-state index contributed by atoms with van der Waals surface area (Å²) in [5.74, 6) is -1.45. The molecule has 1 heterocycles. The van der Waals surface area contributed by atoms with E-state index in [2.05, 4.69) is 0 Å². The van der Waals surface area contributed by atoms with Crippen molar-refractivity contribution in [3.05, 3.63) is 105 Å². The minimum atomic E-state index is -0.523. The van der Waals surface area contributed by atoms with E-state index in [1.54, 1.807) is 11.9 Å². The summed E-state index contributed by atoms with van der Waals surface area (Å²) < 4.78 is 13.5. The largest absolute Gasteiger partial charge is 0.365 e. The molecule has 0 fully saturated rings. The molecule has 7 heteroatoms. The van der Waals surface area contributed by atoms with Gasteiger partial charge in [0.2, 0.25) is 0 Å². The molecule has 4 nitrogen and oxygen atoms in total. The molecule has 0 spiro atoms. The van der Waals surface area contributed by atoms with Gasteiger partial charge in [-0.2, -0.15) is 0 Å². The number of hydrogen-bond acceptors (Lipinski definition) is 3. The molecule has 1 aliphatic rings. The van der Waals surface area contributed by atoms with Gasteiger partial charge in [-0.1, -0.05) is 65.7 Å². The first-order valence-corrected chi connectivity index (χ1v) is 10.2. The maximum atomic E-state index is 13.5. The Morgan fingerprint density at radius 2 is 1.48 bits per heavy atom. The lowest BCUT2D eigenvalue weighted by Gasteiger charge is -2.22. The van der Waals surface area contributed by atoms with Crippen LogP contribution in [0.1, 0.15) is 11.1 Å². The van der Waals surface area contributed by atoms with Crippen molar-refractivity contribution in [1.29, 1.82) is 0 Å². The highest BCUT2D eigenvalue weighted by Crippen LogP contribution is 2.36. The van der Waals surface area contributed by atoms with Crippen LogP contribution in [0.4, 0.5) is 10.1 Å². The average Bonchev–Trinajstić information content (AvgIpc) is 2.99. The van der Waals surface area contributed by atoms with E-state index in [0.717, 1.165) is 10.5 Å². The molecule has 31 heavy (non-hydrogen) atoms. The number of likely N-dealkylation sites (N-methyl/N-ethyl adjacent to an activating group) is 1. The topological polar surface area (TPSA) is 40.6 Å². The van der Waals surface area contributed by atoms with Gasteiger partial charge in [-0.25, -0.2) is 9.29 Å². The zero-order chi connectivity index (χ0) is 22.1. The minimum Gasteiger partial charge on any atom is -0.365 e. The summed E-state index contributed by atoms with van der Waals surface area (Å²) in [5.41, 5.74) is 2.11. The van der Waals surface area contributed by atoms with E-state index in [0.29, 0.717) is 22.2 Å². The Balaban J connectivity index is 1.81. The third-order valence-electron chi connectivity index (χ3n) is 4.94. The summed E-state index contributed by atoms with van der Waals surface area (Å²) in [6, 6.07) is 19.6. The molecule has 0 radical (unpaired) electrons. The maximum absolute atomic E-state index is 13.5. The standard InChI is InChI=1S/C24H17Cl2FN2O2/c1-28(14-15-5-3-2-4-6-15)22-21(16-7-9-19(27)10-8-16)23(30)29(24(22)31)20-12-17(25)11-18(26)13-20/h2-13H,14H2,1H3. The Bertz CT molecular complexity index is 1170. The van der Waals surface area contributed by atoms with Gasteiger partial charge in [0.15, 0.2) is 0 Å². The molecular formula is C24H17Cl2FN2O2. The molecular weight excluding hydrogens is 438 g/mol. The van der Waals surface area contributed by atoms with Crippen LogP contribution >= 0.6 is 23.2 Å². The lowest BCUT2D eigenvalue weighted by atomic mass is 10.0. The summed E-state index contributed by atoms with van der Waals surface area (Å²) in [4.78, 5) is 29.7. The molecule has 2 amide bonds. The third-order valence-corrected chi connectivity index (χ3v) is 5.38. The molecule has 0 bridgehead atoms. The number of carbonyl (C=O) groups is 2. The van der Waals surface area contributed by atoms with Crippen molar-refractivity contribution in [3.8, 4) is 0 Å². The molecule has 156 valence electrons. The van der Waals surface area contributed by atoms with Gasteiger partial charge >= 0.3 is 0 Å². The second-order valence-corrected chi connectivity index (χ2v) is 8.02. The predicted molar refractivity (Wildman–Crippen MR) is 120 cm³/mol. The molecule has 0 unspecified atom stereocenters. The smallest absolute Gasteiger partial charge is 0.282 e. The van der Waals surface area contributed by atoms with Crippen LogP contribution in [0.25, 0.3) is 5.57 Å². The number of anilines is 1. The van der Waals surface area contributed by atoms with Gasteiger partial charge in [0.1, 0.15) is 11.5 Å². The second kappa shape index (κ2) is 8.53. The van der Waals surface area contributed by atoms with Crippen LogP contribution in [-0.2, 0) is 16.1 Å². The highest BCUT2D eigenvalue weighted by Gasteiger charge is 2.42. The Morgan fingerprint density at radius 1 is 0.871 bits per heavy atom. The van der Waals surface area contributed by atoms with Crippen molar-refractivity contribution in [3.63, 3.8) is 0 Å². The highest BCUT2D eigenvalue weighted by molar-refractivity contribution is 6.46. The van der Waals surface area contributed by atoms with Crippen LogP contribution in [0, 0.1) is 5.82 Å². The molecule has 0 aliphatic carbocycles. The zero-order valence-corrected chi connectivity index (χ0v) is 18.0. The molecule has 1 aliphatic heterocycles. The van der Waals surface area contributed by atoms with Crippen molar-refractivity contribution in [1.82, 2.24) is 4.90 Å². The number of halogens is 3. The first-order chi connectivity index (χ1) is 14.8. The normalized spacial score (nSPS) is 13.9. The molecule has 0 saturated heterocycles. The minimum absolute atomic E-state index is 0.194. The number of amides is 2. The van der Waals surface area contributed by atoms with Gasteiger partial charge in [-0.15, -0.1) is 0 Å². The van der Waals surface area contributed by atoms with Gasteiger partial charge in [-0.3, -0.25) is 9.59 Å². The van der Waals surface area contributed by atoms with Crippen molar-refractivity contribution in [2.75, 3.05) is 11.9 Å². The Morgan fingerprint density at radius 3 is 2.10 bits per heavy atom. The second-order valence-electron chi connectivity index (χ2n) is 7.15. The van der Waals surface area contributed by atoms with Gasteiger partial charge in [0.25, 0.3) is 11.8 Å². The molecule has 4 rings (SSSR count). The number of rotatable bonds is 5. The van der Waals surface area contributed by atoms with Crippen LogP contribution < -0.4 is 4.90 Å². The number of nitrogens with zero attached hydrogens (tertiary/aromatic N) is 2. The van der Waals surface area contributed by atoms with E-state index in [1.165, 1.54) is 42.5 Å². The summed E-state index contributed by atoms with van der Waals surface area (Å²) in [6.45, 7) is 0.407. The van der Waals surface area contributed by atoms with Gasteiger partial charge in [-0.05, 0) is 41.5 Å². The van der Waals surface area contributed by atoms with Gasteiger partial charge < -0.3 is 4.90 Å². The van der Waals surface area contributed by atoms with Gasteiger partial charge in [0.05, 0.1) is 11.3 Å². The van der Waals surface area contributed by atoms with E-state index in [-0.39, 0.29) is 17.0 Å². The number of carbonyl (C=O) groups excluding carboxylic acids is 2. The molecule has 0 saturated carbocycles. The van der Waals surface area contributed by atoms with Crippen LogP contribution in [0.5, 0.6) is 0 Å². The van der Waals surface area contributed by atoms with Crippen molar-refractivity contribution in [2.24, 2.45) is 0 Å². The molecule has 0 atom stereocenters. The molecule has 0 N–H and O–H groups in total. The van der Waals surface area contributed by atoms with E-state index < -0.39 is 17.6 Å². The van der Waals surface area contributed by atoms with Crippen molar-refractivity contribution in [2.45, 2.75) is 6.54 Å². The van der Waals surface area contributed by atoms with E-state index in [4.69, 9.17) is 23.2 Å². The van der Waals surface area contributed by atoms with E-state index >= 15 is 0 Å². The summed E-state index contributed by atoms with van der Waals surface area (Å²) in [6.07, 6.45) is 0. The lowest BCUT2D eigenvalue weighted by Crippen LogP contribution is -2.34. The maximum Gasteiger partial charge on any atom is 0.282 e. The fraction of sp³-hybridized carbons (Fsp3) is 0.0833. The highest BCUT2D eigenvalue weighted by atomic mass is 35.5. The molecule has 3 aromatic rings. The zero-order valence-electron chi connectivity index (χ0n) is 16.5. The predicted octanol–water partition coefficient (Wildman–Crippen LogP) is 5.55. The quantitative estimate of drug-likeness (QED) is 0.474. The van der Waals surface area contributed by atoms with Crippen LogP contribution in [-0.4, -0.2) is 23.8 Å². The SMILES string of the molecule is CN(Cc1ccccc1)C1=C(c2ccc(F)cc2)C(=O)N(c2cc(Cl)cc(Cl)c2)C1=O. The number of benzene rings is 3. The van der Waals surface area contributed by atoms with E-state index in [1.807, 2.05) is 30.3 Å². The monoisotopic (exact) mass is 454 g/mol. The first-order valence-electron chi connectivity index (χ1n) is 9.45. The summed E-state index contributed by atoms with van der Waals surface area (Å²) in [7, 11) is 1.74. The van der Waals surface area contributed by atoms with Crippen molar-refractivity contribution >= 4 is 46.3 Å². The average molecular weight is 455 g/mol. The Labute approximate surface area is 189 Å². The fourth-order valence-corrected chi connectivity index (χ4v) is 4.10. The number of hydrogen-bond donors (Lipinski definition) is 0.